The first-order chi connectivity index (χ1) is 6.70. The zero-order valence-electron chi connectivity index (χ0n) is 8.29. The number of carbonyl (C=O) groups is 1. The summed E-state index contributed by atoms with van der Waals surface area (Å²) in [6, 6.07) is 0. The summed E-state index contributed by atoms with van der Waals surface area (Å²) >= 11 is 5.51. The number of carbonyl (C=O) groups excluding carboxylic acids is 1. The SMILES string of the molecule is C=N/C=C\C(=C(/C)C(=O)CCl)C1CC1. The standard InChI is InChI=1S/C11H14ClNO/c1-8(11(14)7-12)10(5-6-13-2)9-3-4-9/h5-6,9H,2-4,7H2,1H3/b6-5-,10-8-. The Morgan fingerprint density at radius 1 is 1.64 bits per heavy atom. The Labute approximate surface area is 89.4 Å². The second kappa shape index (κ2) is 5.11. The topological polar surface area (TPSA) is 29.4 Å². The number of Topliss-reactive ketones (excluding diaryl/α,β-unsaturated/α-hetero) is 1. The first-order valence-electron chi connectivity index (χ1n) is 4.63. The van der Waals surface area contributed by atoms with E-state index in [0.29, 0.717) is 5.92 Å². The molecule has 1 fully saturated rings. The summed E-state index contributed by atoms with van der Waals surface area (Å²) in [5.74, 6) is 0.583. The Bertz CT molecular complexity index is 300. The molecule has 2 nitrogen and oxygen atoms in total. The van der Waals surface area contributed by atoms with Crippen LogP contribution in [-0.2, 0) is 4.79 Å². The molecule has 0 aromatic heterocycles. The molecule has 0 radical (unpaired) electrons. The summed E-state index contributed by atoms with van der Waals surface area (Å²) in [6.45, 7) is 5.19. The lowest BCUT2D eigenvalue weighted by Gasteiger charge is -2.04. The minimum absolute atomic E-state index is 0.00211. The molecule has 0 aromatic carbocycles. The Kier molecular flexibility index (Phi) is 4.08. The molecule has 0 amide bonds. The first kappa shape index (κ1) is 11.2. The van der Waals surface area contributed by atoms with E-state index in [2.05, 4.69) is 11.7 Å². The lowest BCUT2D eigenvalue weighted by molar-refractivity contribution is -0.113. The van der Waals surface area contributed by atoms with Crippen molar-refractivity contribution in [2.45, 2.75) is 19.8 Å². The van der Waals surface area contributed by atoms with Crippen molar-refractivity contribution in [1.82, 2.24) is 0 Å². The average molecular weight is 212 g/mol. The maximum absolute atomic E-state index is 11.4. The molecule has 0 aliphatic heterocycles. The first-order valence-corrected chi connectivity index (χ1v) is 5.16. The van der Waals surface area contributed by atoms with Gasteiger partial charge in [0, 0.05) is 6.20 Å². The fraction of sp³-hybridized carbons (Fsp3) is 0.455. The number of halogens is 1. The van der Waals surface area contributed by atoms with Gasteiger partial charge in [0.25, 0.3) is 0 Å². The van der Waals surface area contributed by atoms with Crippen LogP contribution in [0.25, 0.3) is 0 Å². The van der Waals surface area contributed by atoms with Crippen molar-refractivity contribution in [3.63, 3.8) is 0 Å². The number of hydrogen-bond acceptors (Lipinski definition) is 2. The van der Waals surface area contributed by atoms with Gasteiger partial charge in [-0.25, -0.2) is 0 Å². The molecule has 0 N–H and O–H groups in total. The van der Waals surface area contributed by atoms with E-state index in [1.54, 1.807) is 6.20 Å². The highest BCUT2D eigenvalue weighted by molar-refractivity contribution is 6.30. The van der Waals surface area contributed by atoms with Gasteiger partial charge < -0.3 is 0 Å². The van der Waals surface area contributed by atoms with Gasteiger partial charge in [-0.3, -0.25) is 9.79 Å². The predicted molar refractivity (Wildman–Crippen MR) is 59.8 cm³/mol. The Morgan fingerprint density at radius 3 is 2.71 bits per heavy atom. The molecule has 76 valence electrons. The lowest BCUT2D eigenvalue weighted by atomic mass is 10.0. The smallest absolute Gasteiger partial charge is 0.173 e. The molecular weight excluding hydrogens is 198 g/mol. The van der Waals surface area contributed by atoms with Crippen molar-refractivity contribution in [3.8, 4) is 0 Å². The van der Waals surface area contributed by atoms with Crippen molar-refractivity contribution in [3.05, 3.63) is 23.4 Å². The second-order valence-electron chi connectivity index (χ2n) is 3.41. The van der Waals surface area contributed by atoms with Crippen LogP contribution in [0.4, 0.5) is 0 Å². The molecule has 3 heteroatoms. The maximum Gasteiger partial charge on any atom is 0.173 e. The highest BCUT2D eigenvalue weighted by Gasteiger charge is 2.27. The third kappa shape index (κ3) is 2.81. The molecule has 0 saturated heterocycles. The number of rotatable bonds is 5. The molecule has 0 spiro atoms. The van der Waals surface area contributed by atoms with E-state index in [1.165, 1.54) is 0 Å². The molecule has 1 rings (SSSR count). The van der Waals surface area contributed by atoms with Gasteiger partial charge in [-0.2, -0.15) is 0 Å². The van der Waals surface area contributed by atoms with E-state index >= 15 is 0 Å². The molecule has 0 bridgehead atoms. The van der Waals surface area contributed by atoms with Crippen molar-refractivity contribution in [2.75, 3.05) is 5.88 Å². The van der Waals surface area contributed by atoms with Crippen LogP contribution in [0.15, 0.2) is 28.4 Å². The van der Waals surface area contributed by atoms with E-state index in [4.69, 9.17) is 11.6 Å². The number of ketones is 1. The van der Waals surface area contributed by atoms with Gasteiger partial charge in [0.05, 0.1) is 5.88 Å². The molecule has 1 saturated carbocycles. The van der Waals surface area contributed by atoms with Gasteiger partial charge in [-0.05, 0) is 49.6 Å². The van der Waals surface area contributed by atoms with Crippen LogP contribution < -0.4 is 0 Å². The van der Waals surface area contributed by atoms with Gasteiger partial charge in [0.1, 0.15) is 0 Å². The van der Waals surface area contributed by atoms with Crippen molar-refractivity contribution < 1.29 is 4.79 Å². The van der Waals surface area contributed by atoms with Gasteiger partial charge >= 0.3 is 0 Å². The van der Waals surface area contributed by atoms with Crippen molar-refractivity contribution in [1.29, 1.82) is 0 Å². The predicted octanol–water partition coefficient (Wildman–Crippen LogP) is 2.74. The minimum atomic E-state index is 0.00211. The van der Waals surface area contributed by atoms with Gasteiger partial charge in [0.15, 0.2) is 5.78 Å². The maximum atomic E-state index is 11.4. The summed E-state index contributed by atoms with van der Waals surface area (Å²) in [7, 11) is 0. The molecule has 0 heterocycles. The van der Waals surface area contributed by atoms with E-state index in [-0.39, 0.29) is 11.7 Å². The van der Waals surface area contributed by atoms with E-state index < -0.39 is 0 Å². The van der Waals surface area contributed by atoms with Gasteiger partial charge in [-0.15, -0.1) is 11.6 Å². The summed E-state index contributed by atoms with van der Waals surface area (Å²) in [6.07, 6.45) is 5.80. The molecule has 0 atom stereocenters. The molecule has 0 unspecified atom stereocenters. The quantitative estimate of drug-likeness (QED) is 0.298. The van der Waals surface area contributed by atoms with E-state index in [9.17, 15) is 4.79 Å². The normalized spacial score (nSPS) is 18.1. The van der Waals surface area contributed by atoms with Crippen LogP contribution >= 0.6 is 11.6 Å². The number of allylic oxidation sites excluding steroid dienone is 3. The van der Waals surface area contributed by atoms with Crippen LogP contribution in [-0.4, -0.2) is 18.4 Å². The summed E-state index contributed by atoms with van der Waals surface area (Å²) in [4.78, 5) is 15.0. The molecule has 0 aromatic rings. The molecule has 1 aliphatic carbocycles. The van der Waals surface area contributed by atoms with Crippen molar-refractivity contribution in [2.24, 2.45) is 10.9 Å². The second-order valence-corrected chi connectivity index (χ2v) is 3.68. The average Bonchev–Trinajstić information content (AvgIpc) is 3.01. The van der Waals surface area contributed by atoms with Gasteiger partial charge in [0.2, 0.25) is 0 Å². The number of nitrogens with zero attached hydrogens (tertiary/aromatic N) is 1. The largest absolute Gasteiger partial charge is 0.293 e. The van der Waals surface area contributed by atoms with Crippen LogP contribution in [0.1, 0.15) is 19.8 Å². The van der Waals surface area contributed by atoms with E-state index in [1.807, 2.05) is 13.0 Å². The summed E-state index contributed by atoms with van der Waals surface area (Å²) in [5.41, 5.74) is 1.84. The number of alkyl halides is 1. The van der Waals surface area contributed by atoms with Gasteiger partial charge in [-0.1, -0.05) is 0 Å². The Balaban J connectivity index is 2.88. The Hall–Kier alpha value is -0.890. The summed E-state index contributed by atoms with van der Waals surface area (Å²) in [5, 5.41) is 0. The lowest BCUT2D eigenvalue weighted by Crippen LogP contribution is -2.04. The highest BCUT2D eigenvalue weighted by atomic mass is 35.5. The van der Waals surface area contributed by atoms with Crippen molar-refractivity contribution >= 4 is 24.1 Å². The number of aliphatic imine (C=N–C) groups is 1. The third-order valence-corrected chi connectivity index (χ3v) is 2.59. The molecular formula is C11H14ClNO. The zero-order valence-corrected chi connectivity index (χ0v) is 9.05. The minimum Gasteiger partial charge on any atom is -0.293 e. The van der Waals surface area contributed by atoms with Crippen LogP contribution in [0, 0.1) is 5.92 Å². The summed E-state index contributed by atoms with van der Waals surface area (Å²) < 4.78 is 0. The van der Waals surface area contributed by atoms with Crippen LogP contribution in [0.5, 0.6) is 0 Å². The molecule has 14 heavy (non-hydrogen) atoms. The zero-order chi connectivity index (χ0) is 10.6. The highest BCUT2D eigenvalue weighted by Crippen LogP contribution is 2.38. The fourth-order valence-corrected chi connectivity index (χ4v) is 1.56. The fourth-order valence-electron chi connectivity index (χ4n) is 1.36. The Morgan fingerprint density at radius 2 is 2.29 bits per heavy atom. The monoisotopic (exact) mass is 211 g/mol. The van der Waals surface area contributed by atoms with Crippen LogP contribution in [0.3, 0.4) is 0 Å². The molecule has 1 aliphatic rings. The number of hydrogen-bond donors (Lipinski definition) is 0. The van der Waals surface area contributed by atoms with E-state index in [0.717, 1.165) is 24.0 Å². The van der Waals surface area contributed by atoms with Crippen LogP contribution in [0.2, 0.25) is 0 Å². The third-order valence-electron chi connectivity index (χ3n) is 2.35.